The summed E-state index contributed by atoms with van der Waals surface area (Å²) >= 11 is 0. The number of nitrogens with zero attached hydrogens (tertiary/aromatic N) is 6. The van der Waals surface area contributed by atoms with Gasteiger partial charge in [0.1, 0.15) is 0 Å². The van der Waals surface area contributed by atoms with Crippen LogP contribution in [0.4, 0.5) is 5.82 Å². The van der Waals surface area contributed by atoms with E-state index in [1.165, 1.54) is 4.68 Å². The molecule has 2 heterocycles. The second kappa shape index (κ2) is 7.34. The van der Waals surface area contributed by atoms with Crippen molar-refractivity contribution in [2.24, 2.45) is 5.10 Å². The quantitative estimate of drug-likeness (QED) is 0.503. The maximum Gasteiger partial charge on any atom is 0.293 e. The lowest BCUT2D eigenvalue weighted by Crippen LogP contribution is -2.20. The average Bonchev–Trinajstić information content (AvgIpc) is 3.22. The van der Waals surface area contributed by atoms with Crippen molar-refractivity contribution in [2.45, 2.75) is 19.8 Å². The zero-order chi connectivity index (χ0) is 17.6. The summed E-state index contributed by atoms with van der Waals surface area (Å²) in [4.78, 5) is 12.4. The summed E-state index contributed by atoms with van der Waals surface area (Å²) in [6.07, 6.45) is 2.86. The van der Waals surface area contributed by atoms with Gasteiger partial charge in [-0.15, -0.1) is 5.10 Å². The van der Waals surface area contributed by atoms with E-state index in [-0.39, 0.29) is 17.3 Å². The van der Waals surface area contributed by atoms with Crippen molar-refractivity contribution >= 4 is 17.9 Å². The molecule has 0 spiro atoms. The molecule has 0 fully saturated rings. The number of benzene rings is 1. The maximum absolute atomic E-state index is 12.4. The van der Waals surface area contributed by atoms with E-state index in [4.69, 9.17) is 5.73 Å². The first kappa shape index (κ1) is 16.3. The van der Waals surface area contributed by atoms with Gasteiger partial charge in [0.05, 0.1) is 11.9 Å². The molecule has 128 valence electrons. The molecular weight excluding hydrogens is 324 g/mol. The number of hydrogen-bond donors (Lipinski definition) is 2. The summed E-state index contributed by atoms with van der Waals surface area (Å²) in [5.41, 5.74) is 9.69. The van der Waals surface area contributed by atoms with Gasteiger partial charge in [-0.25, -0.2) is 10.1 Å². The van der Waals surface area contributed by atoms with Gasteiger partial charge in [0.15, 0.2) is 5.69 Å². The predicted octanol–water partition coefficient (Wildman–Crippen LogP) is 0.949. The summed E-state index contributed by atoms with van der Waals surface area (Å²) in [6.45, 7) is 1.97. The third-order valence-electron chi connectivity index (χ3n) is 3.34. The molecule has 3 N–H and O–H groups in total. The fourth-order valence-corrected chi connectivity index (χ4v) is 2.20. The van der Waals surface area contributed by atoms with Gasteiger partial charge in [-0.2, -0.15) is 9.78 Å². The molecule has 0 aliphatic carbocycles. The van der Waals surface area contributed by atoms with Crippen molar-refractivity contribution in [2.75, 3.05) is 5.73 Å². The standard InChI is InChI=1S/C15H16N8O2/c1-2-6-11-12(18-22-23(11)14-13(16)20-25-21-14)15(24)19-17-9-10-7-4-3-5-8-10/h3-5,7-9H,2,6H2,1H3,(H2,16,20)(H,19,24)/b17-9+. The summed E-state index contributed by atoms with van der Waals surface area (Å²) < 4.78 is 5.93. The molecule has 10 nitrogen and oxygen atoms in total. The number of carbonyl (C=O) groups excluding carboxylic acids is 1. The topological polar surface area (TPSA) is 137 Å². The first-order valence-corrected chi connectivity index (χ1v) is 7.62. The Balaban J connectivity index is 1.82. The van der Waals surface area contributed by atoms with Crippen LogP contribution in [0.5, 0.6) is 0 Å². The highest BCUT2D eigenvalue weighted by Crippen LogP contribution is 2.17. The zero-order valence-corrected chi connectivity index (χ0v) is 13.5. The lowest BCUT2D eigenvalue weighted by molar-refractivity contribution is 0.0949. The Morgan fingerprint density at radius 3 is 2.84 bits per heavy atom. The summed E-state index contributed by atoms with van der Waals surface area (Å²) in [5, 5.41) is 19.0. The smallest absolute Gasteiger partial charge is 0.293 e. The Hall–Kier alpha value is -3.56. The Kier molecular flexibility index (Phi) is 4.79. The van der Waals surface area contributed by atoms with E-state index in [1.54, 1.807) is 6.21 Å². The molecule has 0 unspecified atom stereocenters. The molecule has 0 saturated carbocycles. The van der Waals surface area contributed by atoms with Crippen molar-refractivity contribution in [3.8, 4) is 5.82 Å². The molecule has 1 aromatic carbocycles. The van der Waals surface area contributed by atoms with Gasteiger partial charge < -0.3 is 5.73 Å². The second-order valence-electron chi connectivity index (χ2n) is 5.13. The van der Waals surface area contributed by atoms with Crippen LogP contribution in [0.25, 0.3) is 5.82 Å². The normalized spacial score (nSPS) is 11.1. The number of amides is 1. The molecule has 0 aliphatic rings. The number of carbonyl (C=O) groups is 1. The van der Waals surface area contributed by atoms with E-state index < -0.39 is 5.91 Å². The van der Waals surface area contributed by atoms with Crippen molar-refractivity contribution in [3.63, 3.8) is 0 Å². The Morgan fingerprint density at radius 2 is 2.16 bits per heavy atom. The summed E-state index contributed by atoms with van der Waals surface area (Å²) in [5.74, 6) is -0.212. The lowest BCUT2D eigenvalue weighted by Gasteiger charge is -2.03. The number of hydrogen-bond acceptors (Lipinski definition) is 8. The molecule has 25 heavy (non-hydrogen) atoms. The molecule has 2 aromatic heterocycles. The fraction of sp³-hybridized carbons (Fsp3) is 0.200. The van der Waals surface area contributed by atoms with Gasteiger partial charge in [0, 0.05) is 0 Å². The van der Waals surface area contributed by atoms with E-state index in [0.717, 1.165) is 12.0 Å². The minimum absolute atomic E-state index is 0.0660. The summed E-state index contributed by atoms with van der Waals surface area (Å²) in [7, 11) is 0. The first-order chi connectivity index (χ1) is 12.2. The fourth-order valence-electron chi connectivity index (χ4n) is 2.20. The molecule has 0 bridgehead atoms. The molecule has 3 rings (SSSR count). The van der Waals surface area contributed by atoms with E-state index >= 15 is 0 Å². The van der Waals surface area contributed by atoms with Crippen LogP contribution in [0.15, 0.2) is 40.1 Å². The Morgan fingerprint density at radius 1 is 1.36 bits per heavy atom. The Bertz CT molecular complexity index is 884. The molecule has 1 amide bonds. The van der Waals surface area contributed by atoms with Gasteiger partial charge in [-0.05, 0) is 22.3 Å². The highest BCUT2D eigenvalue weighted by Gasteiger charge is 2.22. The first-order valence-electron chi connectivity index (χ1n) is 7.62. The van der Waals surface area contributed by atoms with Crippen molar-refractivity contribution in [3.05, 3.63) is 47.3 Å². The minimum atomic E-state index is -0.475. The molecule has 3 aromatic rings. The number of rotatable bonds is 6. The number of aromatic nitrogens is 5. The highest BCUT2D eigenvalue weighted by molar-refractivity contribution is 5.94. The highest BCUT2D eigenvalue weighted by atomic mass is 16.6. The number of hydrazone groups is 1. The molecule has 0 aliphatic heterocycles. The predicted molar refractivity (Wildman–Crippen MR) is 89.1 cm³/mol. The third-order valence-corrected chi connectivity index (χ3v) is 3.34. The molecule has 0 saturated heterocycles. The van der Waals surface area contributed by atoms with Gasteiger partial charge in [0.2, 0.25) is 11.6 Å². The van der Waals surface area contributed by atoms with Gasteiger partial charge in [0.25, 0.3) is 5.91 Å². The van der Waals surface area contributed by atoms with Crippen LogP contribution in [0.1, 0.15) is 35.1 Å². The molecule has 10 heteroatoms. The molecule has 0 atom stereocenters. The van der Waals surface area contributed by atoms with Crippen LogP contribution >= 0.6 is 0 Å². The van der Waals surface area contributed by atoms with Crippen LogP contribution in [0, 0.1) is 0 Å². The van der Waals surface area contributed by atoms with Crippen molar-refractivity contribution in [1.29, 1.82) is 0 Å². The van der Waals surface area contributed by atoms with Crippen molar-refractivity contribution in [1.82, 2.24) is 30.7 Å². The van der Waals surface area contributed by atoms with Gasteiger partial charge >= 0.3 is 0 Å². The second-order valence-corrected chi connectivity index (χ2v) is 5.13. The van der Waals surface area contributed by atoms with Crippen LogP contribution in [-0.2, 0) is 6.42 Å². The van der Waals surface area contributed by atoms with E-state index in [2.05, 4.69) is 35.8 Å². The lowest BCUT2D eigenvalue weighted by atomic mass is 10.2. The average molecular weight is 340 g/mol. The monoisotopic (exact) mass is 340 g/mol. The van der Waals surface area contributed by atoms with Crippen molar-refractivity contribution < 1.29 is 9.42 Å². The van der Waals surface area contributed by atoms with E-state index in [1.807, 2.05) is 37.3 Å². The number of anilines is 1. The van der Waals surface area contributed by atoms with Gasteiger partial charge in [-0.1, -0.05) is 48.9 Å². The molecule has 0 radical (unpaired) electrons. The number of nitrogen functional groups attached to an aromatic ring is 1. The zero-order valence-electron chi connectivity index (χ0n) is 13.5. The number of nitrogens with two attached hydrogens (primary N) is 1. The largest absolute Gasteiger partial charge is 0.378 e. The van der Waals surface area contributed by atoms with E-state index in [9.17, 15) is 4.79 Å². The number of nitrogens with one attached hydrogen (secondary N) is 1. The van der Waals surface area contributed by atoms with Crippen LogP contribution in [0.2, 0.25) is 0 Å². The molecular formula is C15H16N8O2. The van der Waals surface area contributed by atoms with Crippen LogP contribution in [-0.4, -0.2) is 37.4 Å². The van der Waals surface area contributed by atoms with E-state index in [0.29, 0.717) is 12.1 Å². The third kappa shape index (κ3) is 3.52. The Labute approximate surface area is 142 Å². The minimum Gasteiger partial charge on any atom is -0.378 e. The maximum atomic E-state index is 12.4. The van der Waals surface area contributed by atoms with Crippen LogP contribution < -0.4 is 11.2 Å². The summed E-state index contributed by atoms with van der Waals surface area (Å²) in [6, 6.07) is 9.40. The van der Waals surface area contributed by atoms with Crippen LogP contribution in [0.3, 0.4) is 0 Å². The SMILES string of the molecule is CCCc1c(C(=O)N/N=C/c2ccccc2)nnn1-c1nonc1N. The van der Waals surface area contributed by atoms with Gasteiger partial charge in [-0.3, -0.25) is 4.79 Å².